The maximum absolute atomic E-state index is 13.1. The minimum atomic E-state index is -3.55. The molecule has 1 aromatic heterocycles. The molecule has 31 heavy (non-hydrogen) atoms. The minimum absolute atomic E-state index is 0.0761. The van der Waals surface area contributed by atoms with E-state index in [1.807, 2.05) is 17.5 Å². The molecule has 0 bridgehead atoms. The lowest BCUT2D eigenvalue weighted by Gasteiger charge is -2.31. The Bertz CT molecular complexity index is 1060. The summed E-state index contributed by atoms with van der Waals surface area (Å²) in [6.45, 7) is 3.57. The number of hydrogen-bond acceptors (Lipinski definition) is 5. The Labute approximate surface area is 187 Å². The van der Waals surface area contributed by atoms with Gasteiger partial charge in [-0.15, -0.1) is 11.3 Å². The molecule has 4 rings (SSSR count). The van der Waals surface area contributed by atoms with E-state index in [0.717, 1.165) is 23.3 Å². The molecule has 1 N–H and O–H groups in total. The number of benzene rings is 1. The fourth-order valence-electron chi connectivity index (χ4n) is 4.04. The fraction of sp³-hybridized carbons (Fsp3) is 0.455. The average molecular weight is 462 g/mol. The van der Waals surface area contributed by atoms with Crippen LogP contribution in [0.15, 0.2) is 40.6 Å². The summed E-state index contributed by atoms with van der Waals surface area (Å²) in [6, 6.07) is 8.76. The predicted molar refractivity (Wildman–Crippen MR) is 120 cm³/mol. The quantitative estimate of drug-likeness (QED) is 0.717. The van der Waals surface area contributed by atoms with Crippen LogP contribution in [0.25, 0.3) is 0 Å². The first-order valence-corrected chi connectivity index (χ1v) is 12.9. The smallest absolute Gasteiger partial charge is 0.243 e. The highest BCUT2D eigenvalue weighted by molar-refractivity contribution is 7.89. The van der Waals surface area contributed by atoms with Gasteiger partial charge in [-0.25, -0.2) is 8.42 Å². The lowest BCUT2D eigenvalue weighted by atomic mass is 10.0. The minimum Gasteiger partial charge on any atom is -0.350 e. The summed E-state index contributed by atoms with van der Waals surface area (Å²) in [5.41, 5.74) is 1.41. The van der Waals surface area contributed by atoms with Gasteiger partial charge in [-0.1, -0.05) is 13.0 Å². The van der Waals surface area contributed by atoms with Gasteiger partial charge in [-0.3, -0.25) is 9.59 Å². The number of nitrogens with one attached hydrogen (secondary N) is 1. The van der Waals surface area contributed by atoms with Gasteiger partial charge in [0.05, 0.1) is 11.4 Å². The van der Waals surface area contributed by atoms with Crippen LogP contribution >= 0.6 is 11.3 Å². The number of nitrogens with zero attached hydrogens (tertiary/aromatic N) is 2. The number of fused-ring (bicyclic) bond motifs is 1. The van der Waals surface area contributed by atoms with Crippen LogP contribution in [0.5, 0.6) is 0 Å². The number of rotatable bonds is 6. The molecule has 1 aromatic carbocycles. The van der Waals surface area contributed by atoms with E-state index in [4.69, 9.17) is 0 Å². The average Bonchev–Trinajstić information content (AvgIpc) is 3.28. The van der Waals surface area contributed by atoms with E-state index in [0.29, 0.717) is 37.7 Å². The van der Waals surface area contributed by atoms with Crippen molar-refractivity contribution in [1.29, 1.82) is 0 Å². The van der Waals surface area contributed by atoms with Crippen molar-refractivity contribution in [2.45, 2.75) is 44.0 Å². The highest BCUT2D eigenvalue weighted by Gasteiger charge is 2.31. The van der Waals surface area contributed by atoms with Crippen molar-refractivity contribution in [2.24, 2.45) is 5.92 Å². The third kappa shape index (κ3) is 4.83. The summed E-state index contributed by atoms with van der Waals surface area (Å²) in [4.78, 5) is 27.7. The van der Waals surface area contributed by atoms with Gasteiger partial charge in [0.15, 0.2) is 0 Å². The summed E-state index contributed by atoms with van der Waals surface area (Å²) in [7, 11) is -3.55. The molecule has 166 valence electrons. The van der Waals surface area contributed by atoms with Crippen LogP contribution in [0.1, 0.15) is 36.6 Å². The van der Waals surface area contributed by atoms with Crippen molar-refractivity contribution >= 4 is 38.9 Å². The van der Waals surface area contributed by atoms with Crippen LogP contribution in [0.4, 0.5) is 5.69 Å². The van der Waals surface area contributed by atoms with Crippen molar-refractivity contribution in [3.63, 3.8) is 0 Å². The molecule has 0 spiro atoms. The highest BCUT2D eigenvalue weighted by atomic mass is 32.2. The molecular weight excluding hydrogens is 434 g/mol. The molecule has 1 fully saturated rings. The molecule has 0 atom stereocenters. The molecule has 2 aliphatic rings. The lowest BCUT2D eigenvalue weighted by Crippen LogP contribution is -2.43. The third-order valence-corrected chi connectivity index (χ3v) is 8.74. The number of thiophene rings is 1. The maximum atomic E-state index is 13.1. The highest BCUT2D eigenvalue weighted by Crippen LogP contribution is 2.32. The van der Waals surface area contributed by atoms with Crippen LogP contribution in [0, 0.1) is 5.92 Å². The van der Waals surface area contributed by atoms with Gasteiger partial charge in [-0.05, 0) is 60.4 Å². The molecule has 3 heterocycles. The standard InChI is InChI=1S/C22H27N3O4S2/c1-16-8-10-24(11-9-16)31(28,29)19-5-6-20-17(13-19)4-7-22(27)25(20)15-21(26)23-14-18-3-2-12-30-18/h2-3,5-6,12-13,16H,4,7-11,14-15H2,1H3,(H,23,26). The largest absolute Gasteiger partial charge is 0.350 e. The first-order chi connectivity index (χ1) is 14.8. The Morgan fingerprint density at radius 2 is 1.97 bits per heavy atom. The van der Waals surface area contributed by atoms with Gasteiger partial charge in [0.1, 0.15) is 6.54 Å². The molecule has 0 saturated carbocycles. The van der Waals surface area contributed by atoms with Gasteiger partial charge in [0.2, 0.25) is 21.8 Å². The summed E-state index contributed by atoms with van der Waals surface area (Å²) in [5, 5.41) is 4.79. The Morgan fingerprint density at radius 3 is 2.68 bits per heavy atom. The van der Waals surface area contributed by atoms with Crippen LogP contribution in [-0.4, -0.2) is 44.2 Å². The molecule has 1 saturated heterocycles. The maximum Gasteiger partial charge on any atom is 0.243 e. The Morgan fingerprint density at radius 1 is 1.19 bits per heavy atom. The van der Waals surface area contributed by atoms with Crippen LogP contribution < -0.4 is 10.2 Å². The molecule has 0 radical (unpaired) electrons. The first kappa shape index (κ1) is 22.0. The number of carbonyl (C=O) groups is 2. The monoisotopic (exact) mass is 461 g/mol. The Hall–Kier alpha value is -2.23. The number of piperidine rings is 1. The number of carbonyl (C=O) groups excluding carboxylic acids is 2. The molecule has 2 aliphatic heterocycles. The van der Waals surface area contributed by atoms with Crippen LogP contribution in [0.2, 0.25) is 0 Å². The van der Waals surface area contributed by atoms with Gasteiger partial charge < -0.3 is 10.2 Å². The number of anilines is 1. The molecule has 2 amide bonds. The molecular formula is C22H27N3O4S2. The van der Waals surface area contributed by atoms with E-state index in [9.17, 15) is 18.0 Å². The summed E-state index contributed by atoms with van der Waals surface area (Å²) < 4.78 is 27.7. The Kier molecular flexibility index (Phi) is 6.45. The van der Waals surface area contributed by atoms with E-state index in [1.54, 1.807) is 33.8 Å². The van der Waals surface area contributed by atoms with E-state index < -0.39 is 10.0 Å². The number of hydrogen-bond donors (Lipinski definition) is 1. The van der Waals surface area contributed by atoms with Crippen LogP contribution in [0.3, 0.4) is 0 Å². The zero-order valence-corrected chi connectivity index (χ0v) is 19.2. The summed E-state index contributed by atoms with van der Waals surface area (Å²) in [6.07, 6.45) is 2.47. The SMILES string of the molecule is CC1CCN(S(=O)(=O)c2ccc3c(c2)CCC(=O)N3CC(=O)NCc2cccs2)CC1. The molecule has 0 unspecified atom stereocenters. The fourth-order valence-corrected chi connectivity index (χ4v) is 6.21. The third-order valence-electron chi connectivity index (χ3n) is 5.97. The zero-order valence-electron chi connectivity index (χ0n) is 17.5. The summed E-state index contributed by atoms with van der Waals surface area (Å²) >= 11 is 1.56. The zero-order chi connectivity index (χ0) is 22.0. The van der Waals surface area contributed by atoms with E-state index in [-0.39, 0.29) is 29.7 Å². The number of sulfonamides is 1. The molecule has 2 aromatic rings. The predicted octanol–water partition coefficient (Wildman–Crippen LogP) is 2.76. The van der Waals surface area contributed by atoms with E-state index in [1.165, 1.54) is 4.90 Å². The van der Waals surface area contributed by atoms with Crippen molar-refractivity contribution in [3.05, 3.63) is 46.2 Å². The second-order valence-electron chi connectivity index (χ2n) is 8.21. The van der Waals surface area contributed by atoms with E-state index >= 15 is 0 Å². The number of amides is 2. The van der Waals surface area contributed by atoms with Crippen molar-refractivity contribution in [3.8, 4) is 0 Å². The molecule has 0 aliphatic carbocycles. The number of aryl methyl sites for hydroxylation is 1. The van der Waals surface area contributed by atoms with Crippen molar-refractivity contribution < 1.29 is 18.0 Å². The van der Waals surface area contributed by atoms with Gasteiger partial charge in [-0.2, -0.15) is 4.31 Å². The second-order valence-corrected chi connectivity index (χ2v) is 11.2. The second kappa shape index (κ2) is 9.10. The topological polar surface area (TPSA) is 86.8 Å². The van der Waals surface area contributed by atoms with Crippen molar-refractivity contribution in [1.82, 2.24) is 9.62 Å². The normalized spacial score (nSPS) is 18.1. The van der Waals surface area contributed by atoms with Crippen LogP contribution in [-0.2, 0) is 32.6 Å². The van der Waals surface area contributed by atoms with Crippen molar-refractivity contribution in [2.75, 3.05) is 24.5 Å². The molecule has 7 nitrogen and oxygen atoms in total. The van der Waals surface area contributed by atoms with Gasteiger partial charge in [0.25, 0.3) is 0 Å². The lowest BCUT2D eigenvalue weighted by molar-refractivity contribution is -0.124. The first-order valence-electron chi connectivity index (χ1n) is 10.6. The van der Waals surface area contributed by atoms with Gasteiger partial charge in [0, 0.05) is 30.1 Å². The van der Waals surface area contributed by atoms with E-state index in [2.05, 4.69) is 12.2 Å². The van der Waals surface area contributed by atoms with Gasteiger partial charge >= 0.3 is 0 Å². The Balaban J connectivity index is 1.49. The molecule has 9 heteroatoms. The summed E-state index contributed by atoms with van der Waals surface area (Å²) in [5.74, 6) is 0.175.